The molecule has 2 rings (SSSR count). The summed E-state index contributed by atoms with van der Waals surface area (Å²) in [5, 5.41) is 3.63. The molecule has 2 nitrogen and oxygen atoms in total. The number of methoxy groups -OCH3 is 1. The molecule has 2 heteroatoms. The maximum absolute atomic E-state index is 5.22. The van der Waals surface area contributed by atoms with Crippen LogP contribution in [0.15, 0.2) is 0 Å². The number of nitrogens with one attached hydrogen (secondary N) is 1. The largest absolute Gasteiger partial charge is 0.383 e. The van der Waals surface area contributed by atoms with Gasteiger partial charge in [-0.2, -0.15) is 0 Å². The van der Waals surface area contributed by atoms with Crippen LogP contribution < -0.4 is 5.32 Å². The number of hydrogen-bond donors (Lipinski definition) is 1. The zero-order valence-corrected chi connectivity index (χ0v) is 8.59. The van der Waals surface area contributed by atoms with Gasteiger partial charge in [0.1, 0.15) is 0 Å². The molecule has 0 aromatic rings. The van der Waals surface area contributed by atoms with Crippen LogP contribution in [0.4, 0.5) is 0 Å². The quantitative estimate of drug-likeness (QED) is 0.650. The first-order valence-electron chi connectivity index (χ1n) is 5.62. The highest BCUT2D eigenvalue weighted by atomic mass is 16.5. The van der Waals surface area contributed by atoms with Gasteiger partial charge in [0.2, 0.25) is 0 Å². The minimum absolute atomic E-state index is 0.642. The average Bonchev–Trinajstić information content (AvgIpc) is 2.98. The van der Waals surface area contributed by atoms with Gasteiger partial charge in [0, 0.05) is 13.2 Å². The fourth-order valence-electron chi connectivity index (χ4n) is 1.92. The van der Waals surface area contributed by atoms with Crippen LogP contribution in [0.5, 0.6) is 0 Å². The van der Waals surface area contributed by atoms with Gasteiger partial charge in [-0.25, -0.2) is 0 Å². The van der Waals surface area contributed by atoms with Crippen molar-refractivity contribution in [2.24, 2.45) is 11.8 Å². The van der Waals surface area contributed by atoms with E-state index in [2.05, 4.69) is 5.32 Å². The van der Waals surface area contributed by atoms with Gasteiger partial charge in [-0.1, -0.05) is 12.8 Å². The van der Waals surface area contributed by atoms with Crippen LogP contribution in [-0.2, 0) is 4.74 Å². The van der Waals surface area contributed by atoms with Crippen molar-refractivity contribution in [2.75, 3.05) is 20.3 Å². The second kappa shape index (κ2) is 4.43. The predicted octanol–water partition coefficient (Wildman–Crippen LogP) is 1.80. The van der Waals surface area contributed by atoms with E-state index in [1.165, 1.54) is 38.6 Å². The Labute approximate surface area is 81.0 Å². The lowest BCUT2D eigenvalue weighted by Crippen LogP contribution is -2.35. The van der Waals surface area contributed by atoms with E-state index in [0.29, 0.717) is 6.04 Å². The molecule has 0 aromatic heterocycles. The van der Waals surface area contributed by atoms with Crippen molar-refractivity contribution in [3.63, 3.8) is 0 Å². The third-order valence-corrected chi connectivity index (χ3v) is 3.19. The van der Waals surface area contributed by atoms with E-state index in [0.717, 1.165) is 18.4 Å². The SMILES string of the molecule is COCC(NCCC1CC1)C1CC1. The minimum Gasteiger partial charge on any atom is -0.383 e. The summed E-state index contributed by atoms with van der Waals surface area (Å²) in [5.41, 5.74) is 0. The maximum atomic E-state index is 5.22. The maximum Gasteiger partial charge on any atom is 0.0618 e. The van der Waals surface area contributed by atoms with Crippen LogP contribution in [0.3, 0.4) is 0 Å². The second-order valence-electron chi connectivity index (χ2n) is 4.59. The summed E-state index contributed by atoms with van der Waals surface area (Å²) in [4.78, 5) is 0. The lowest BCUT2D eigenvalue weighted by molar-refractivity contribution is 0.157. The predicted molar refractivity (Wildman–Crippen MR) is 53.7 cm³/mol. The van der Waals surface area contributed by atoms with E-state index in [1.54, 1.807) is 7.11 Å². The highest BCUT2D eigenvalue weighted by Gasteiger charge is 2.31. The Morgan fingerprint density at radius 2 is 2.08 bits per heavy atom. The fraction of sp³-hybridized carbons (Fsp3) is 1.00. The van der Waals surface area contributed by atoms with Crippen LogP contribution in [-0.4, -0.2) is 26.3 Å². The van der Waals surface area contributed by atoms with Crippen molar-refractivity contribution in [3.8, 4) is 0 Å². The van der Waals surface area contributed by atoms with Crippen molar-refractivity contribution < 1.29 is 4.74 Å². The average molecular weight is 183 g/mol. The molecule has 2 aliphatic carbocycles. The molecule has 0 aromatic carbocycles. The van der Waals surface area contributed by atoms with Gasteiger partial charge < -0.3 is 10.1 Å². The number of ether oxygens (including phenoxy) is 1. The van der Waals surface area contributed by atoms with Crippen LogP contribution in [0.2, 0.25) is 0 Å². The molecular weight excluding hydrogens is 162 g/mol. The van der Waals surface area contributed by atoms with E-state index in [-0.39, 0.29) is 0 Å². The topological polar surface area (TPSA) is 21.3 Å². The van der Waals surface area contributed by atoms with Crippen LogP contribution in [0.25, 0.3) is 0 Å². The van der Waals surface area contributed by atoms with Gasteiger partial charge in [-0.3, -0.25) is 0 Å². The third kappa shape index (κ3) is 3.28. The summed E-state index contributed by atoms with van der Waals surface area (Å²) in [6, 6.07) is 0.642. The van der Waals surface area contributed by atoms with Crippen molar-refractivity contribution in [1.82, 2.24) is 5.32 Å². The Morgan fingerprint density at radius 1 is 1.31 bits per heavy atom. The molecule has 0 heterocycles. The summed E-state index contributed by atoms with van der Waals surface area (Å²) in [6.07, 6.45) is 7.14. The Balaban J connectivity index is 1.57. The molecule has 1 unspecified atom stereocenters. The molecule has 2 aliphatic rings. The molecule has 2 saturated carbocycles. The zero-order chi connectivity index (χ0) is 9.10. The van der Waals surface area contributed by atoms with E-state index < -0.39 is 0 Å². The summed E-state index contributed by atoms with van der Waals surface area (Å²) < 4.78 is 5.22. The first-order valence-corrected chi connectivity index (χ1v) is 5.62. The lowest BCUT2D eigenvalue weighted by Gasteiger charge is -2.16. The molecule has 0 radical (unpaired) electrons. The minimum atomic E-state index is 0.642. The van der Waals surface area contributed by atoms with Gasteiger partial charge in [-0.05, 0) is 37.6 Å². The molecule has 0 spiro atoms. The molecule has 0 saturated heterocycles. The van der Waals surface area contributed by atoms with E-state index in [9.17, 15) is 0 Å². The molecule has 0 aliphatic heterocycles. The highest BCUT2D eigenvalue weighted by Crippen LogP contribution is 2.34. The number of rotatable bonds is 7. The zero-order valence-electron chi connectivity index (χ0n) is 8.59. The van der Waals surface area contributed by atoms with Crippen LogP contribution >= 0.6 is 0 Å². The molecule has 76 valence electrons. The third-order valence-electron chi connectivity index (χ3n) is 3.19. The summed E-state index contributed by atoms with van der Waals surface area (Å²) in [5.74, 6) is 1.97. The van der Waals surface area contributed by atoms with E-state index in [4.69, 9.17) is 4.74 Å². The highest BCUT2D eigenvalue weighted by molar-refractivity contribution is 4.86. The normalized spacial score (nSPS) is 24.7. The Morgan fingerprint density at radius 3 is 2.62 bits per heavy atom. The van der Waals surface area contributed by atoms with Crippen molar-refractivity contribution in [3.05, 3.63) is 0 Å². The van der Waals surface area contributed by atoms with E-state index >= 15 is 0 Å². The first-order chi connectivity index (χ1) is 6.40. The van der Waals surface area contributed by atoms with Gasteiger partial charge in [0.15, 0.2) is 0 Å². The van der Waals surface area contributed by atoms with Crippen molar-refractivity contribution in [2.45, 2.75) is 38.1 Å². The summed E-state index contributed by atoms with van der Waals surface area (Å²) >= 11 is 0. The molecule has 1 atom stereocenters. The number of hydrogen-bond acceptors (Lipinski definition) is 2. The Hall–Kier alpha value is -0.0800. The smallest absolute Gasteiger partial charge is 0.0618 e. The second-order valence-corrected chi connectivity index (χ2v) is 4.59. The monoisotopic (exact) mass is 183 g/mol. The fourth-order valence-corrected chi connectivity index (χ4v) is 1.92. The Kier molecular flexibility index (Phi) is 3.23. The van der Waals surface area contributed by atoms with Crippen LogP contribution in [0, 0.1) is 11.8 Å². The van der Waals surface area contributed by atoms with Gasteiger partial charge in [0.05, 0.1) is 6.61 Å². The van der Waals surface area contributed by atoms with Crippen LogP contribution in [0.1, 0.15) is 32.1 Å². The van der Waals surface area contributed by atoms with Gasteiger partial charge in [-0.15, -0.1) is 0 Å². The van der Waals surface area contributed by atoms with Crippen molar-refractivity contribution in [1.29, 1.82) is 0 Å². The molecule has 0 amide bonds. The molecular formula is C11H21NO. The summed E-state index contributed by atoms with van der Waals surface area (Å²) in [6.45, 7) is 2.10. The van der Waals surface area contributed by atoms with Crippen molar-refractivity contribution >= 4 is 0 Å². The summed E-state index contributed by atoms with van der Waals surface area (Å²) in [7, 11) is 1.80. The van der Waals surface area contributed by atoms with E-state index in [1.807, 2.05) is 0 Å². The first kappa shape index (κ1) is 9.47. The standard InChI is InChI=1S/C11H21NO/c1-13-8-11(10-4-5-10)12-7-6-9-2-3-9/h9-12H,2-8H2,1H3. The van der Waals surface area contributed by atoms with Gasteiger partial charge >= 0.3 is 0 Å². The molecule has 2 fully saturated rings. The molecule has 0 bridgehead atoms. The van der Waals surface area contributed by atoms with Gasteiger partial charge in [0.25, 0.3) is 0 Å². The Bertz CT molecular complexity index is 152. The lowest BCUT2D eigenvalue weighted by atomic mass is 10.2. The molecule has 13 heavy (non-hydrogen) atoms. The molecule has 1 N–H and O–H groups in total.